The fourth-order valence-electron chi connectivity index (χ4n) is 1.39. The normalized spacial score (nSPS) is 10.4. The molecule has 1 aromatic heterocycles. The smallest absolute Gasteiger partial charge is 0.148 e. The van der Waals surface area contributed by atoms with E-state index in [2.05, 4.69) is 18.8 Å². The van der Waals surface area contributed by atoms with Crippen LogP contribution in [0.4, 0.5) is 0 Å². The summed E-state index contributed by atoms with van der Waals surface area (Å²) in [6, 6.07) is 1.69. The molecule has 0 atom stereocenters. The third kappa shape index (κ3) is 3.88. The van der Waals surface area contributed by atoms with Gasteiger partial charge in [0.1, 0.15) is 11.6 Å². The van der Waals surface area contributed by atoms with E-state index in [1.807, 2.05) is 0 Å². The molecule has 1 rings (SSSR count). The summed E-state index contributed by atoms with van der Waals surface area (Å²) in [4.78, 5) is 3.96. The molecular weight excluding hydrogens is 202 g/mol. The van der Waals surface area contributed by atoms with E-state index in [9.17, 15) is 0 Å². The highest BCUT2D eigenvalue weighted by Crippen LogP contribution is 2.16. The van der Waals surface area contributed by atoms with E-state index < -0.39 is 0 Å². The number of pyridine rings is 1. The highest BCUT2D eigenvalue weighted by molar-refractivity contribution is 5.97. The largest absolute Gasteiger partial charge is 0.491 e. The summed E-state index contributed by atoms with van der Waals surface area (Å²) in [6.45, 7) is 5.01. The van der Waals surface area contributed by atoms with Gasteiger partial charge in [-0.15, -0.1) is 0 Å². The van der Waals surface area contributed by atoms with Crippen LogP contribution in [0, 0.1) is 11.3 Å². The van der Waals surface area contributed by atoms with Crippen LogP contribution in [0.5, 0.6) is 5.75 Å². The maximum absolute atomic E-state index is 7.39. The fraction of sp³-hybridized carbons (Fsp3) is 0.500. The van der Waals surface area contributed by atoms with Crippen molar-refractivity contribution in [1.29, 1.82) is 5.41 Å². The molecule has 0 bridgehead atoms. The monoisotopic (exact) mass is 221 g/mol. The van der Waals surface area contributed by atoms with Gasteiger partial charge in [-0.3, -0.25) is 10.4 Å². The van der Waals surface area contributed by atoms with Crippen LogP contribution in [0.15, 0.2) is 18.5 Å². The molecule has 16 heavy (non-hydrogen) atoms. The average Bonchev–Trinajstić information content (AvgIpc) is 2.24. The van der Waals surface area contributed by atoms with Crippen LogP contribution in [0.2, 0.25) is 0 Å². The quantitative estimate of drug-likeness (QED) is 0.439. The van der Waals surface area contributed by atoms with Gasteiger partial charge in [0.25, 0.3) is 0 Å². The van der Waals surface area contributed by atoms with Gasteiger partial charge in [0.05, 0.1) is 18.4 Å². The predicted molar refractivity (Wildman–Crippen MR) is 64.8 cm³/mol. The van der Waals surface area contributed by atoms with Crippen molar-refractivity contribution in [3.63, 3.8) is 0 Å². The molecule has 1 heterocycles. The summed E-state index contributed by atoms with van der Waals surface area (Å²) in [5.41, 5.74) is 6.05. The van der Waals surface area contributed by atoms with Crippen molar-refractivity contribution < 1.29 is 4.74 Å². The summed E-state index contributed by atoms with van der Waals surface area (Å²) in [6.07, 6.45) is 5.35. The predicted octanol–water partition coefficient (Wildman–Crippen LogP) is 2.18. The Labute approximate surface area is 96.3 Å². The number of aromatic nitrogens is 1. The van der Waals surface area contributed by atoms with Crippen molar-refractivity contribution >= 4 is 5.84 Å². The zero-order valence-electron chi connectivity index (χ0n) is 9.86. The van der Waals surface area contributed by atoms with E-state index in [0.29, 0.717) is 23.8 Å². The number of rotatable bonds is 6. The van der Waals surface area contributed by atoms with Gasteiger partial charge in [-0.2, -0.15) is 0 Å². The minimum atomic E-state index is 0.0151. The van der Waals surface area contributed by atoms with Crippen molar-refractivity contribution in [1.82, 2.24) is 4.98 Å². The van der Waals surface area contributed by atoms with Gasteiger partial charge in [0.2, 0.25) is 0 Å². The maximum Gasteiger partial charge on any atom is 0.148 e. The first-order valence-electron chi connectivity index (χ1n) is 5.52. The van der Waals surface area contributed by atoms with E-state index >= 15 is 0 Å². The molecule has 0 saturated heterocycles. The summed E-state index contributed by atoms with van der Waals surface area (Å²) in [7, 11) is 0. The van der Waals surface area contributed by atoms with Crippen LogP contribution in [-0.4, -0.2) is 17.4 Å². The Morgan fingerprint density at radius 2 is 2.31 bits per heavy atom. The second kappa shape index (κ2) is 6.10. The molecule has 3 N–H and O–H groups in total. The van der Waals surface area contributed by atoms with Crippen LogP contribution in [0.25, 0.3) is 0 Å². The first-order valence-corrected chi connectivity index (χ1v) is 5.52. The van der Waals surface area contributed by atoms with E-state index in [1.54, 1.807) is 18.5 Å². The average molecular weight is 221 g/mol. The van der Waals surface area contributed by atoms with Gasteiger partial charge in [-0.1, -0.05) is 13.8 Å². The molecule has 0 spiro atoms. The fourth-order valence-corrected chi connectivity index (χ4v) is 1.39. The number of hydrogen-bond donors (Lipinski definition) is 2. The second-order valence-corrected chi connectivity index (χ2v) is 4.17. The highest BCUT2D eigenvalue weighted by Gasteiger charge is 2.05. The van der Waals surface area contributed by atoms with E-state index in [1.165, 1.54) is 0 Å². The molecule has 0 unspecified atom stereocenters. The summed E-state index contributed by atoms with van der Waals surface area (Å²) >= 11 is 0. The van der Waals surface area contributed by atoms with Crippen LogP contribution < -0.4 is 10.5 Å². The zero-order chi connectivity index (χ0) is 12.0. The molecule has 4 heteroatoms. The van der Waals surface area contributed by atoms with Gasteiger partial charge in [-0.05, 0) is 24.8 Å². The van der Waals surface area contributed by atoms with Gasteiger partial charge in [0.15, 0.2) is 0 Å². The van der Waals surface area contributed by atoms with Crippen molar-refractivity contribution in [2.75, 3.05) is 6.61 Å². The molecule has 1 aromatic rings. The third-order valence-electron chi connectivity index (χ3n) is 2.26. The third-order valence-corrected chi connectivity index (χ3v) is 2.26. The van der Waals surface area contributed by atoms with Crippen LogP contribution in [0.3, 0.4) is 0 Å². The Morgan fingerprint density at radius 3 is 2.94 bits per heavy atom. The Hall–Kier alpha value is -1.58. The van der Waals surface area contributed by atoms with Crippen molar-refractivity contribution in [2.45, 2.75) is 26.7 Å². The van der Waals surface area contributed by atoms with E-state index in [4.69, 9.17) is 15.9 Å². The topological polar surface area (TPSA) is 72.0 Å². The highest BCUT2D eigenvalue weighted by atomic mass is 16.5. The number of nitrogens with two attached hydrogens (primary N) is 1. The molecule has 0 aliphatic rings. The lowest BCUT2D eigenvalue weighted by molar-refractivity contribution is 0.296. The molecular formula is C12H19N3O. The second-order valence-electron chi connectivity index (χ2n) is 4.17. The van der Waals surface area contributed by atoms with Crippen LogP contribution in [0.1, 0.15) is 32.3 Å². The Bertz CT molecular complexity index is 350. The molecule has 0 saturated carbocycles. The van der Waals surface area contributed by atoms with E-state index in [-0.39, 0.29) is 5.84 Å². The molecule has 0 aliphatic carbocycles. The van der Waals surface area contributed by atoms with Gasteiger partial charge < -0.3 is 10.5 Å². The van der Waals surface area contributed by atoms with Gasteiger partial charge >= 0.3 is 0 Å². The zero-order valence-corrected chi connectivity index (χ0v) is 9.86. The summed E-state index contributed by atoms with van der Waals surface area (Å²) in [5.74, 6) is 1.30. The molecule has 88 valence electrons. The number of amidine groups is 1. The van der Waals surface area contributed by atoms with Crippen molar-refractivity contribution in [3.05, 3.63) is 24.0 Å². The SMILES string of the molecule is CC(C)CCCOc1cnccc1C(=N)N. The lowest BCUT2D eigenvalue weighted by atomic mass is 10.1. The minimum Gasteiger partial charge on any atom is -0.491 e. The molecule has 0 radical (unpaired) electrons. The summed E-state index contributed by atoms with van der Waals surface area (Å²) in [5, 5.41) is 7.39. The minimum absolute atomic E-state index is 0.0151. The van der Waals surface area contributed by atoms with Crippen molar-refractivity contribution in [3.8, 4) is 5.75 Å². The summed E-state index contributed by atoms with van der Waals surface area (Å²) < 4.78 is 5.57. The van der Waals surface area contributed by atoms with E-state index in [0.717, 1.165) is 12.8 Å². The molecule has 0 fully saturated rings. The number of nitrogens with one attached hydrogen (secondary N) is 1. The number of nitrogen functional groups attached to an aromatic ring is 1. The maximum atomic E-state index is 7.39. The molecule has 0 aromatic carbocycles. The van der Waals surface area contributed by atoms with Crippen molar-refractivity contribution in [2.24, 2.45) is 11.7 Å². The Morgan fingerprint density at radius 1 is 1.56 bits per heavy atom. The van der Waals surface area contributed by atoms with Gasteiger partial charge in [0, 0.05) is 6.20 Å². The number of ether oxygens (including phenoxy) is 1. The standard InChI is InChI=1S/C12H19N3O/c1-9(2)4-3-7-16-11-8-15-6-5-10(11)12(13)14/h5-6,8-9H,3-4,7H2,1-2H3,(H3,13,14). The van der Waals surface area contributed by atoms with Crippen LogP contribution >= 0.6 is 0 Å². The van der Waals surface area contributed by atoms with Crippen LogP contribution in [-0.2, 0) is 0 Å². The first kappa shape index (κ1) is 12.5. The molecule has 4 nitrogen and oxygen atoms in total. The number of nitrogens with zero attached hydrogens (tertiary/aromatic N) is 1. The lowest BCUT2D eigenvalue weighted by Crippen LogP contribution is -2.13. The van der Waals surface area contributed by atoms with Gasteiger partial charge in [-0.25, -0.2) is 0 Å². The number of hydrogen-bond acceptors (Lipinski definition) is 3. The molecule has 0 amide bonds. The molecule has 0 aliphatic heterocycles. The first-order chi connectivity index (χ1) is 7.61. The lowest BCUT2D eigenvalue weighted by Gasteiger charge is -2.10. The Balaban J connectivity index is 2.50. The Kier molecular flexibility index (Phi) is 4.76.